The Morgan fingerprint density at radius 1 is 0.905 bits per heavy atom. The van der Waals surface area contributed by atoms with E-state index < -0.39 is 0 Å². The van der Waals surface area contributed by atoms with Gasteiger partial charge in [0.1, 0.15) is 23.0 Å². The maximum absolute atomic E-state index is 13.6. The second kappa shape index (κ2) is 11.3. The van der Waals surface area contributed by atoms with E-state index in [-0.39, 0.29) is 34.8 Å². The van der Waals surface area contributed by atoms with Crippen molar-refractivity contribution in [1.29, 1.82) is 0 Å². The summed E-state index contributed by atoms with van der Waals surface area (Å²) in [6, 6.07) is 24.6. The molecule has 8 heteroatoms. The topological polar surface area (TPSA) is 107 Å². The fraction of sp³-hybridized carbons (Fsp3) is 0.176. The first kappa shape index (κ1) is 27.0. The van der Waals surface area contributed by atoms with Gasteiger partial charge in [0.05, 0.1) is 26.2 Å². The van der Waals surface area contributed by atoms with Crippen LogP contribution in [0.1, 0.15) is 28.4 Å². The van der Waals surface area contributed by atoms with E-state index >= 15 is 0 Å². The van der Waals surface area contributed by atoms with Gasteiger partial charge in [0.2, 0.25) is 16.9 Å². The fourth-order valence-electron chi connectivity index (χ4n) is 5.36. The number of ether oxygens (including phenoxy) is 2. The van der Waals surface area contributed by atoms with Crippen LogP contribution in [0.15, 0.2) is 98.7 Å². The van der Waals surface area contributed by atoms with Gasteiger partial charge >= 0.3 is 0 Å². The second-order valence-corrected chi connectivity index (χ2v) is 10.1. The summed E-state index contributed by atoms with van der Waals surface area (Å²) in [4.78, 5) is 29.7. The molecule has 2 N–H and O–H groups in total. The van der Waals surface area contributed by atoms with Gasteiger partial charge < -0.3 is 28.6 Å². The molecule has 0 saturated heterocycles. The molecule has 0 aliphatic rings. The molecule has 0 unspecified atom stereocenters. The van der Waals surface area contributed by atoms with Crippen LogP contribution in [0.25, 0.3) is 33.4 Å². The van der Waals surface area contributed by atoms with Gasteiger partial charge in [-0.25, -0.2) is 0 Å². The minimum atomic E-state index is -0.297. The van der Waals surface area contributed by atoms with Crippen LogP contribution in [-0.2, 0) is 11.2 Å². The van der Waals surface area contributed by atoms with Crippen molar-refractivity contribution >= 4 is 28.0 Å². The van der Waals surface area contributed by atoms with Crippen molar-refractivity contribution in [3.63, 3.8) is 0 Å². The number of methoxy groups -OCH3 is 2. The second-order valence-electron chi connectivity index (χ2n) is 10.1. The minimum absolute atomic E-state index is 0.0377. The lowest BCUT2D eigenvalue weighted by Gasteiger charge is -2.19. The molecular weight excluding hydrogens is 532 g/mol. The summed E-state index contributed by atoms with van der Waals surface area (Å²) in [7, 11) is 3.22. The number of carbonyl (C=O) groups is 1. The Bertz CT molecular complexity index is 1930. The Kier molecular flexibility index (Phi) is 7.27. The lowest BCUT2D eigenvalue weighted by molar-refractivity contribution is -0.120. The summed E-state index contributed by atoms with van der Waals surface area (Å²) < 4.78 is 22.6. The summed E-state index contributed by atoms with van der Waals surface area (Å²) in [6.45, 7) is 2.05. The van der Waals surface area contributed by atoms with E-state index in [1.165, 1.54) is 6.07 Å². The number of amides is 1. The van der Waals surface area contributed by atoms with Crippen LogP contribution in [0.4, 0.5) is 0 Å². The van der Waals surface area contributed by atoms with Crippen LogP contribution in [0.3, 0.4) is 0 Å². The van der Waals surface area contributed by atoms with E-state index in [0.717, 1.165) is 27.8 Å². The fourth-order valence-corrected chi connectivity index (χ4v) is 5.36. The number of rotatable bonds is 9. The molecule has 212 valence electrons. The Morgan fingerprint density at radius 2 is 1.60 bits per heavy atom. The molecule has 1 atom stereocenters. The predicted molar refractivity (Wildman–Crippen MR) is 161 cm³/mol. The van der Waals surface area contributed by atoms with Crippen molar-refractivity contribution in [1.82, 2.24) is 10.3 Å². The number of nitrogens with one attached hydrogen (secondary N) is 2. The third-order valence-corrected chi connectivity index (χ3v) is 7.49. The lowest BCUT2D eigenvalue weighted by atomic mass is 9.90. The first-order valence-electron chi connectivity index (χ1n) is 13.6. The van der Waals surface area contributed by atoms with Crippen LogP contribution in [0.5, 0.6) is 11.5 Å². The standard InChI is InChI=1S/C34H30N2O6/c1-20-16-30(37)34-33(41-20)26(32(42-34)22-10-14-24(40-3)15-11-22)17-31(38)36-18-27(21-8-12-23(39-2)13-9-21)28-19-35-29-7-5-4-6-25(28)29/h4-16,19,27,35H,17-18H2,1-3H3,(H,36,38)/t27-/m1/s1. The van der Waals surface area contributed by atoms with Crippen molar-refractivity contribution in [3.8, 4) is 22.8 Å². The Balaban J connectivity index is 1.33. The van der Waals surface area contributed by atoms with Gasteiger partial charge in [-0.05, 0) is 60.5 Å². The Morgan fingerprint density at radius 3 is 2.31 bits per heavy atom. The first-order chi connectivity index (χ1) is 20.4. The van der Waals surface area contributed by atoms with E-state index in [4.69, 9.17) is 18.3 Å². The number of aryl methyl sites for hydroxylation is 1. The minimum Gasteiger partial charge on any atom is -0.497 e. The van der Waals surface area contributed by atoms with Crippen LogP contribution in [0.2, 0.25) is 0 Å². The molecule has 6 aromatic rings. The van der Waals surface area contributed by atoms with Crippen molar-refractivity contribution < 1.29 is 23.1 Å². The molecule has 0 fully saturated rings. The maximum Gasteiger partial charge on any atom is 0.228 e. The van der Waals surface area contributed by atoms with Gasteiger partial charge in [0, 0.05) is 41.2 Å². The first-order valence-corrected chi connectivity index (χ1v) is 13.6. The maximum atomic E-state index is 13.6. The molecular formula is C34H30N2O6. The van der Waals surface area contributed by atoms with Gasteiger partial charge in [-0.3, -0.25) is 9.59 Å². The lowest BCUT2D eigenvalue weighted by Crippen LogP contribution is -2.30. The van der Waals surface area contributed by atoms with Crippen molar-refractivity contribution in [2.75, 3.05) is 20.8 Å². The van der Waals surface area contributed by atoms with Crippen molar-refractivity contribution in [3.05, 3.63) is 118 Å². The molecule has 8 nitrogen and oxygen atoms in total. The number of hydrogen-bond acceptors (Lipinski definition) is 6. The number of aromatic nitrogens is 1. The van der Waals surface area contributed by atoms with E-state index in [9.17, 15) is 9.59 Å². The Hall–Kier alpha value is -5.24. The van der Waals surface area contributed by atoms with E-state index in [1.54, 1.807) is 33.3 Å². The van der Waals surface area contributed by atoms with Gasteiger partial charge in [0.15, 0.2) is 5.58 Å². The van der Waals surface area contributed by atoms with Gasteiger partial charge in [-0.15, -0.1) is 0 Å². The zero-order valence-corrected chi connectivity index (χ0v) is 23.5. The highest BCUT2D eigenvalue weighted by atomic mass is 16.5. The molecule has 3 aromatic heterocycles. The van der Waals surface area contributed by atoms with Crippen LogP contribution >= 0.6 is 0 Å². The highest BCUT2D eigenvalue weighted by Crippen LogP contribution is 2.35. The molecule has 6 rings (SSSR count). The monoisotopic (exact) mass is 562 g/mol. The molecule has 0 radical (unpaired) electrons. The molecule has 0 aliphatic carbocycles. The number of benzene rings is 3. The smallest absolute Gasteiger partial charge is 0.228 e. The highest BCUT2D eigenvalue weighted by molar-refractivity contribution is 5.90. The van der Waals surface area contributed by atoms with Crippen LogP contribution in [-0.4, -0.2) is 31.7 Å². The van der Waals surface area contributed by atoms with Crippen LogP contribution < -0.4 is 20.2 Å². The zero-order chi connectivity index (χ0) is 29.2. The van der Waals surface area contributed by atoms with Gasteiger partial charge in [-0.1, -0.05) is 30.3 Å². The SMILES string of the molecule is COc1ccc(-c2oc3c(=O)cc(C)oc3c2CC(=O)NC[C@H](c2ccc(OC)cc2)c2c[nH]c3ccccc23)cc1. The number of hydrogen-bond donors (Lipinski definition) is 2. The molecule has 0 aliphatic heterocycles. The molecule has 0 saturated carbocycles. The molecule has 3 heterocycles. The summed E-state index contributed by atoms with van der Waals surface area (Å²) in [5.74, 6) is 1.94. The van der Waals surface area contributed by atoms with Gasteiger partial charge in [-0.2, -0.15) is 0 Å². The normalized spacial score (nSPS) is 12.0. The average Bonchev–Trinajstić information content (AvgIpc) is 3.60. The van der Waals surface area contributed by atoms with Crippen LogP contribution in [0, 0.1) is 6.92 Å². The number of furan rings is 1. The number of H-pyrrole nitrogens is 1. The van der Waals surface area contributed by atoms with Gasteiger partial charge in [0.25, 0.3) is 0 Å². The number of carbonyl (C=O) groups excluding carboxylic acids is 1. The number of fused-ring (bicyclic) bond motifs is 2. The summed E-state index contributed by atoms with van der Waals surface area (Å²) in [6.07, 6.45) is 1.96. The molecule has 0 spiro atoms. The zero-order valence-electron chi connectivity index (χ0n) is 23.5. The Labute approximate surface area is 241 Å². The third kappa shape index (κ3) is 5.14. The summed E-state index contributed by atoms with van der Waals surface area (Å²) in [5.41, 5.74) is 4.43. The number of aromatic amines is 1. The van der Waals surface area contributed by atoms with Crippen molar-refractivity contribution in [2.24, 2.45) is 0 Å². The molecule has 1 amide bonds. The summed E-state index contributed by atoms with van der Waals surface area (Å²) in [5, 5.41) is 4.22. The predicted octanol–water partition coefficient (Wildman–Crippen LogP) is 6.35. The quantitative estimate of drug-likeness (QED) is 0.213. The highest BCUT2D eigenvalue weighted by Gasteiger charge is 2.24. The average molecular weight is 563 g/mol. The third-order valence-electron chi connectivity index (χ3n) is 7.49. The van der Waals surface area contributed by atoms with Crippen molar-refractivity contribution in [2.45, 2.75) is 19.3 Å². The molecule has 42 heavy (non-hydrogen) atoms. The van der Waals surface area contributed by atoms with E-state index in [0.29, 0.717) is 34.9 Å². The van der Waals surface area contributed by atoms with E-state index in [1.807, 2.05) is 60.8 Å². The van der Waals surface area contributed by atoms with E-state index in [2.05, 4.69) is 16.4 Å². The number of para-hydroxylation sites is 1. The summed E-state index contributed by atoms with van der Waals surface area (Å²) >= 11 is 0. The molecule has 0 bridgehead atoms. The largest absolute Gasteiger partial charge is 0.497 e. The molecule has 3 aromatic carbocycles.